The summed E-state index contributed by atoms with van der Waals surface area (Å²) in [5.41, 5.74) is -0.282. The molecule has 0 aliphatic carbocycles. The molecule has 0 aliphatic rings. The largest absolute Gasteiger partial charge is 0.481 e. The molecule has 0 fully saturated rings. The van der Waals surface area contributed by atoms with Crippen molar-refractivity contribution < 1.29 is 23.1 Å². The van der Waals surface area contributed by atoms with Crippen molar-refractivity contribution in [2.24, 2.45) is 0 Å². The molecule has 0 saturated heterocycles. The minimum absolute atomic E-state index is 0.164. The van der Waals surface area contributed by atoms with Gasteiger partial charge in [-0.25, -0.2) is 9.78 Å². The van der Waals surface area contributed by atoms with E-state index >= 15 is 0 Å². The van der Waals surface area contributed by atoms with Crippen molar-refractivity contribution >= 4 is 21.7 Å². The Hall–Kier alpha value is -2.62. The summed E-state index contributed by atoms with van der Waals surface area (Å²) in [6.07, 6.45) is 2.16. The van der Waals surface area contributed by atoms with Crippen molar-refractivity contribution in [3.63, 3.8) is 0 Å². The summed E-state index contributed by atoms with van der Waals surface area (Å²) < 4.78 is 31.1. The van der Waals surface area contributed by atoms with Gasteiger partial charge in [-0.1, -0.05) is 0 Å². The molecule has 0 unspecified atom stereocenters. The van der Waals surface area contributed by atoms with Gasteiger partial charge in [0, 0.05) is 6.07 Å². The number of hydrogen-bond acceptors (Lipinski definition) is 6. The molecule has 2 rings (SSSR count). The first-order valence-corrected chi connectivity index (χ1v) is 6.72. The summed E-state index contributed by atoms with van der Waals surface area (Å²) in [6.45, 7) is 0. The molecule has 0 aromatic carbocycles. The molecule has 0 radical (unpaired) electrons. The fourth-order valence-electron chi connectivity index (χ4n) is 1.40. The Morgan fingerprint density at radius 2 is 2.15 bits per heavy atom. The molecular weight excluding hydrogens is 288 g/mol. The van der Waals surface area contributed by atoms with E-state index in [9.17, 15) is 13.2 Å². The molecule has 2 aromatic rings. The number of aromatic amines is 1. The van der Waals surface area contributed by atoms with E-state index in [0.29, 0.717) is 5.88 Å². The van der Waals surface area contributed by atoms with Gasteiger partial charge >= 0.3 is 5.97 Å². The highest BCUT2D eigenvalue weighted by atomic mass is 32.2. The maximum Gasteiger partial charge on any atom is 0.340 e. The number of rotatable bonds is 5. The van der Waals surface area contributed by atoms with Gasteiger partial charge < -0.3 is 9.84 Å². The van der Waals surface area contributed by atoms with E-state index < -0.39 is 26.6 Å². The second kappa shape index (κ2) is 5.17. The second-order valence-electron chi connectivity index (χ2n) is 3.61. The Labute approximate surface area is 113 Å². The number of ether oxygens (including phenoxy) is 1. The molecule has 0 aliphatic heterocycles. The first kappa shape index (κ1) is 13.8. The highest BCUT2D eigenvalue weighted by molar-refractivity contribution is 7.92. The third-order valence-corrected chi connectivity index (χ3v) is 3.65. The van der Waals surface area contributed by atoms with Crippen molar-refractivity contribution in [3.8, 4) is 5.88 Å². The summed E-state index contributed by atoms with van der Waals surface area (Å²) >= 11 is 0. The fourth-order valence-corrected chi connectivity index (χ4v) is 2.53. The quantitative estimate of drug-likeness (QED) is 0.723. The number of carboxylic acids is 1. The minimum atomic E-state index is -4.09. The third kappa shape index (κ3) is 2.69. The van der Waals surface area contributed by atoms with Crippen LogP contribution in [0.4, 0.5) is 5.69 Å². The van der Waals surface area contributed by atoms with E-state index in [1.807, 2.05) is 0 Å². The number of nitrogens with zero attached hydrogens (tertiary/aromatic N) is 2. The average Bonchev–Trinajstić information content (AvgIpc) is 2.89. The van der Waals surface area contributed by atoms with E-state index in [4.69, 9.17) is 9.84 Å². The van der Waals surface area contributed by atoms with Crippen molar-refractivity contribution in [1.82, 2.24) is 15.2 Å². The minimum Gasteiger partial charge on any atom is -0.481 e. The van der Waals surface area contributed by atoms with E-state index in [0.717, 1.165) is 6.20 Å². The van der Waals surface area contributed by atoms with Crippen LogP contribution in [0.1, 0.15) is 10.4 Å². The molecule has 20 heavy (non-hydrogen) atoms. The molecule has 0 atom stereocenters. The number of carboxylic acid groups (broad SMARTS) is 1. The van der Waals surface area contributed by atoms with Crippen LogP contribution in [-0.2, 0) is 10.0 Å². The van der Waals surface area contributed by atoms with Crippen LogP contribution in [0.5, 0.6) is 5.88 Å². The average molecular weight is 298 g/mol. The molecule has 106 valence electrons. The van der Waals surface area contributed by atoms with Crippen molar-refractivity contribution in [1.29, 1.82) is 0 Å². The van der Waals surface area contributed by atoms with Crippen LogP contribution in [0.15, 0.2) is 29.6 Å². The highest BCUT2D eigenvalue weighted by Crippen LogP contribution is 2.18. The Bertz CT molecular complexity index is 722. The van der Waals surface area contributed by atoms with Crippen LogP contribution in [0.2, 0.25) is 0 Å². The number of H-pyrrole nitrogens is 1. The summed E-state index contributed by atoms with van der Waals surface area (Å²) in [6, 6.07) is 2.89. The smallest absolute Gasteiger partial charge is 0.340 e. The number of pyridine rings is 1. The van der Waals surface area contributed by atoms with Gasteiger partial charge in [-0.3, -0.25) is 9.82 Å². The Balaban J connectivity index is 2.30. The van der Waals surface area contributed by atoms with Gasteiger partial charge in [0.25, 0.3) is 10.0 Å². The lowest BCUT2D eigenvalue weighted by Gasteiger charge is -2.07. The van der Waals surface area contributed by atoms with Crippen LogP contribution >= 0.6 is 0 Å². The summed E-state index contributed by atoms with van der Waals surface area (Å²) in [5.74, 6) is -1.08. The van der Waals surface area contributed by atoms with Crippen LogP contribution in [0.3, 0.4) is 0 Å². The van der Waals surface area contributed by atoms with Gasteiger partial charge in [-0.15, -0.1) is 0 Å². The SMILES string of the molecule is COc1ccc(NS(=O)(=O)c2[nH]ncc2C(=O)O)cn1. The van der Waals surface area contributed by atoms with E-state index in [2.05, 4.69) is 19.9 Å². The fraction of sp³-hybridized carbons (Fsp3) is 0.100. The Kier molecular flexibility index (Phi) is 3.57. The van der Waals surface area contributed by atoms with Gasteiger partial charge in [0.05, 0.1) is 25.2 Å². The number of hydrogen-bond donors (Lipinski definition) is 3. The topological polar surface area (TPSA) is 134 Å². The van der Waals surface area contributed by atoms with Crippen LogP contribution in [0.25, 0.3) is 0 Å². The molecule has 9 nitrogen and oxygen atoms in total. The van der Waals surface area contributed by atoms with Crippen LogP contribution < -0.4 is 9.46 Å². The zero-order chi connectivity index (χ0) is 14.8. The van der Waals surface area contributed by atoms with Gasteiger partial charge in [-0.2, -0.15) is 13.5 Å². The zero-order valence-electron chi connectivity index (χ0n) is 10.2. The highest BCUT2D eigenvalue weighted by Gasteiger charge is 2.24. The molecule has 3 N–H and O–H groups in total. The lowest BCUT2D eigenvalue weighted by Crippen LogP contribution is -2.16. The van der Waals surface area contributed by atoms with Gasteiger partial charge in [0.1, 0.15) is 5.56 Å². The van der Waals surface area contributed by atoms with E-state index in [1.54, 1.807) is 0 Å². The predicted molar refractivity (Wildman–Crippen MR) is 67.1 cm³/mol. The maximum atomic E-state index is 12.0. The van der Waals surface area contributed by atoms with E-state index in [1.165, 1.54) is 25.4 Å². The number of sulfonamides is 1. The van der Waals surface area contributed by atoms with E-state index in [-0.39, 0.29) is 5.69 Å². The number of carbonyl (C=O) groups is 1. The van der Waals surface area contributed by atoms with Gasteiger partial charge in [0.15, 0.2) is 5.03 Å². The molecule has 10 heteroatoms. The second-order valence-corrected chi connectivity index (χ2v) is 5.23. The lowest BCUT2D eigenvalue weighted by atomic mass is 10.4. The molecular formula is C10H10N4O5S. The third-order valence-electron chi connectivity index (χ3n) is 2.30. The normalized spacial score (nSPS) is 11.1. The number of methoxy groups -OCH3 is 1. The van der Waals surface area contributed by atoms with Crippen molar-refractivity contribution in [2.45, 2.75) is 5.03 Å². The number of aromatic nitrogens is 3. The molecule has 0 spiro atoms. The molecule has 0 saturated carbocycles. The monoisotopic (exact) mass is 298 g/mol. The van der Waals surface area contributed by atoms with Crippen molar-refractivity contribution in [3.05, 3.63) is 30.1 Å². The van der Waals surface area contributed by atoms with Crippen LogP contribution in [0, 0.1) is 0 Å². The van der Waals surface area contributed by atoms with Crippen molar-refractivity contribution in [2.75, 3.05) is 11.8 Å². The molecule has 0 amide bonds. The summed E-state index contributed by atoms with van der Waals surface area (Å²) in [7, 11) is -2.67. The van der Waals surface area contributed by atoms with Gasteiger partial charge in [-0.05, 0) is 6.07 Å². The zero-order valence-corrected chi connectivity index (χ0v) is 11.0. The summed E-state index contributed by atoms with van der Waals surface area (Å²) in [5, 5.41) is 13.9. The molecule has 2 aromatic heterocycles. The maximum absolute atomic E-state index is 12.0. The van der Waals surface area contributed by atoms with Gasteiger partial charge in [0.2, 0.25) is 5.88 Å². The summed E-state index contributed by atoms with van der Waals surface area (Å²) in [4.78, 5) is 14.7. The Morgan fingerprint density at radius 1 is 1.40 bits per heavy atom. The number of aromatic carboxylic acids is 1. The number of anilines is 1. The Morgan fingerprint density at radius 3 is 2.70 bits per heavy atom. The first-order valence-electron chi connectivity index (χ1n) is 5.23. The molecule has 0 bridgehead atoms. The standard InChI is InChI=1S/C10H10N4O5S/c1-19-8-3-2-6(4-11-8)14-20(17,18)9-7(10(15)16)5-12-13-9/h2-5,14H,1H3,(H,12,13)(H,15,16). The molecule has 2 heterocycles. The van der Waals surface area contributed by atoms with Crippen LogP contribution in [-0.4, -0.2) is 41.8 Å². The lowest BCUT2D eigenvalue weighted by molar-refractivity contribution is 0.0692. The first-order chi connectivity index (χ1) is 9.44. The number of nitrogens with one attached hydrogen (secondary N) is 2. The predicted octanol–water partition coefficient (Wildman–Crippen LogP) is 0.312.